The first-order valence-corrected chi connectivity index (χ1v) is 7.57. The molecule has 1 amide bonds. The third-order valence-electron chi connectivity index (χ3n) is 3.75. The molecule has 1 aliphatic heterocycles. The van der Waals surface area contributed by atoms with Crippen LogP contribution in [0, 0.1) is 5.82 Å². The molecule has 1 aliphatic rings. The lowest BCUT2D eigenvalue weighted by Gasteiger charge is -2.35. The maximum Gasteiger partial charge on any atom is 0.257 e. The Labute approximate surface area is 121 Å². The maximum atomic E-state index is 13.8. The molecule has 0 fully saturated rings. The molecule has 5 heteroatoms. The molecule has 0 N–H and O–H groups in total. The van der Waals surface area contributed by atoms with Crippen molar-refractivity contribution >= 4 is 17.2 Å². The Morgan fingerprint density at radius 2 is 2.40 bits per heavy atom. The van der Waals surface area contributed by atoms with Gasteiger partial charge < -0.3 is 4.90 Å². The number of hydrogen-bond donors (Lipinski definition) is 0. The Morgan fingerprint density at radius 3 is 3.15 bits per heavy atom. The van der Waals surface area contributed by atoms with E-state index in [1.807, 2.05) is 0 Å². The van der Waals surface area contributed by atoms with Crippen molar-refractivity contribution in [3.8, 4) is 0 Å². The standard InChI is InChI=1S/C15H15FN2OS/c1-2-13-11-5-8-20-14(11)4-7-18(13)15(19)10-3-6-17-9-12(10)16/h3,5-6,8-9,13H,2,4,7H2,1H3/t13-/m1/s1. The zero-order valence-corrected chi connectivity index (χ0v) is 12.0. The van der Waals surface area contributed by atoms with E-state index in [-0.39, 0.29) is 17.5 Å². The number of pyridine rings is 1. The van der Waals surface area contributed by atoms with Gasteiger partial charge in [0.15, 0.2) is 5.82 Å². The van der Waals surface area contributed by atoms with Crippen LogP contribution in [-0.4, -0.2) is 22.3 Å². The van der Waals surface area contributed by atoms with Crippen LogP contribution in [0.4, 0.5) is 4.39 Å². The van der Waals surface area contributed by atoms with Gasteiger partial charge in [-0.05, 0) is 35.9 Å². The number of aromatic nitrogens is 1. The van der Waals surface area contributed by atoms with E-state index in [4.69, 9.17) is 0 Å². The molecule has 0 unspecified atom stereocenters. The summed E-state index contributed by atoms with van der Waals surface area (Å²) in [6, 6.07) is 3.58. The topological polar surface area (TPSA) is 33.2 Å². The zero-order chi connectivity index (χ0) is 14.1. The van der Waals surface area contributed by atoms with Crippen molar-refractivity contribution in [2.45, 2.75) is 25.8 Å². The third-order valence-corrected chi connectivity index (χ3v) is 4.74. The van der Waals surface area contributed by atoms with Gasteiger partial charge in [0.2, 0.25) is 0 Å². The summed E-state index contributed by atoms with van der Waals surface area (Å²) in [5.41, 5.74) is 1.32. The van der Waals surface area contributed by atoms with Crippen LogP contribution in [0.25, 0.3) is 0 Å². The SMILES string of the molecule is CC[C@@H]1c2ccsc2CCN1C(=O)c1ccncc1F. The molecule has 0 saturated carbocycles. The number of amides is 1. The molecular formula is C15H15FN2OS. The summed E-state index contributed by atoms with van der Waals surface area (Å²) >= 11 is 1.74. The highest BCUT2D eigenvalue weighted by molar-refractivity contribution is 7.10. The monoisotopic (exact) mass is 290 g/mol. The van der Waals surface area contributed by atoms with E-state index in [1.165, 1.54) is 22.7 Å². The van der Waals surface area contributed by atoms with Crippen LogP contribution >= 0.6 is 11.3 Å². The predicted molar refractivity (Wildman–Crippen MR) is 76.3 cm³/mol. The summed E-state index contributed by atoms with van der Waals surface area (Å²) in [4.78, 5) is 19.4. The molecule has 3 nitrogen and oxygen atoms in total. The van der Waals surface area contributed by atoms with Crippen LogP contribution in [0.1, 0.15) is 40.2 Å². The van der Waals surface area contributed by atoms with Gasteiger partial charge in [0.05, 0.1) is 17.8 Å². The van der Waals surface area contributed by atoms with Gasteiger partial charge in [-0.2, -0.15) is 0 Å². The molecule has 104 valence electrons. The molecule has 20 heavy (non-hydrogen) atoms. The summed E-state index contributed by atoms with van der Waals surface area (Å²) < 4.78 is 13.8. The number of hydrogen-bond acceptors (Lipinski definition) is 3. The average molecular weight is 290 g/mol. The van der Waals surface area contributed by atoms with Crippen molar-refractivity contribution in [1.82, 2.24) is 9.88 Å². The molecule has 0 aliphatic carbocycles. The van der Waals surface area contributed by atoms with Gasteiger partial charge in [0.1, 0.15) is 0 Å². The maximum absolute atomic E-state index is 13.8. The molecule has 0 bridgehead atoms. The Balaban J connectivity index is 1.95. The van der Waals surface area contributed by atoms with Crippen molar-refractivity contribution in [3.05, 3.63) is 51.7 Å². The molecule has 0 radical (unpaired) electrons. The lowest BCUT2D eigenvalue weighted by molar-refractivity contribution is 0.0652. The van der Waals surface area contributed by atoms with E-state index in [9.17, 15) is 9.18 Å². The number of carbonyl (C=O) groups excluding carboxylic acids is 1. The van der Waals surface area contributed by atoms with Gasteiger partial charge in [0, 0.05) is 17.6 Å². The number of carbonyl (C=O) groups is 1. The highest BCUT2D eigenvalue weighted by atomic mass is 32.1. The van der Waals surface area contributed by atoms with Gasteiger partial charge in [-0.25, -0.2) is 4.39 Å². The lowest BCUT2D eigenvalue weighted by Crippen LogP contribution is -2.39. The first-order chi connectivity index (χ1) is 9.72. The summed E-state index contributed by atoms with van der Waals surface area (Å²) in [6.07, 6.45) is 4.23. The molecule has 0 spiro atoms. The predicted octanol–water partition coefficient (Wildman–Crippen LogP) is 3.43. The van der Waals surface area contributed by atoms with E-state index < -0.39 is 5.82 Å². The molecule has 3 heterocycles. The number of fused-ring (bicyclic) bond motifs is 1. The lowest BCUT2D eigenvalue weighted by atomic mass is 9.97. The summed E-state index contributed by atoms with van der Waals surface area (Å²) in [5, 5.41) is 2.06. The van der Waals surface area contributed by atoms with Crippen LogP contribution in [0.5, 0.6) is 0 Å². The largest absolute Gasteiger partial charge is 0.331 e. The first-order valence-electron chi connectivity index (χ1n) is 6.69. The smallest absolute Gasteiger partial charge is 0.257 e. The van der Waals surface area contributed by atoms with Gasteiger partial charge >= 0.3 is 0 Å². The minimum atomic E-state index is -0.552. The molecule has 0 saturated heterocycles. The van der Waals surface area contributed by atoms with Crippen LogP contribution < -0.4 is 0 Å². The van der Waals surface area contributed by atoms with Gasteiger partial charge in [0.25, 0.3) is 5.91 Å². The Hall–Kier alpha value is -1.75. The second-order valence-electron chi connectivity index (χ2n) is 4.83. The fourth-order valence-corrected chi connectivity index (χ4v) is 3.71. The molecule has 2 aromatic rings. The highest BCUT2D eigenvalue weighted by Crippen LogP contribution is 2.36. The van der Waals surface area contributed by atoms with Gasteiger partial charge in [-0.3, -0.25) is 9.78 Å². The quantitative estimate of drug-likeness (QED) is 0.849. The van der Waals surface area contributed by atoms with Gasteiger partial charge in [-0.15, -0.1) is 11.3 Å². The number of halogens is 1. The second-order valence-corrected chi connectivity index (χ2v) is 5.83. The normalized spacial score (nSPS) is 17.9. The zero-order valence-electron chi connectivity index (χ0n) is 11.2. The molecule has 2 aromatic heterocycles. The van der Waals surface area contributed by atoms with Crippen LogP contribution in [0.2, 0.25) is 0 Å². The Bertz CT molecular complexity index is 640. The second kappa shape index (κ2) is 5.32. The fraction of sp³-hybridized carbons (Fsp3) is 0.333. The van der Waals surface area contributed by atoms with Crippen molar-refractivity contribution in [3.63, 3.8) is 0 Å². The Morgan fingerprint density at radius 1 is 1.55 bits per heavy atom. The molecule has 1 atom stereocenters. The van der Waals surface area contributed by atoms with Crippen molar-refractivity contribution in [2.24, 2.45) is 0 Å². The summed E-state index contributed by atoms with van der Waals surface area (Å²) in [7, 11) is 0. The summed E-state index contributed by atoms with van der Waals surface area (Å²) in [6.45, 7) is 2.70. The minimum Gasteiger partial charge on any atom is -0.331 e. The van der Waals surface area contributed by atoms with E-state index >= 15 is 0 Å². The molecular weight excluding hydrogens is 275 g/mol. The van der Waals surface area contributed by atoms with E-state index in [2.05, 4.69) is 23.4 Å². The number of rotatable bonds is 2. The fourth-order valence-electron chi connectivity index (χ4n) is 2.78. The number of thiophene rings is 1. The third kappa shape index (κ3) is 2.12. The van der Waals surface area contributed by atoms with Crippen LogP contribution in [0.15, 0.2) is 29.9 Å². The van der Waals surface area contributed by atoms with Crippen molar-refractivity contribution < 1.29 is 9.18 Å². The number of nitrogens with zero attached hydrogens (tertiary/aromatic N) is 2. The molecule has 3 rings (SSSR count). The highest BCUT2D eigenvalue weighted by Gasteiger charge is 2.31. The van der Waals surface area contributed by atoms with Gasteiger partial charge in [-0.1, -0.05) is 6.92 Å². The van der Waals surface area contributed by atoms with E-state index in [0.29, 0.717) is 6.54 Å². The Kier molecular flexibility index (Phi) is 3.53. The van der Waals surface area contributed by atoms with Crippen LogP contribution in [0.3, 0.4) is 0 Å². The summed E-state index contributed by atoms with van der Waals surface area (Å²) in [5.74, 6) is -0.794. The van der Waals surface area contributed by atoms with Crippen molar-refractivity contribution in [1.29, 1.82) is 0 Å². The first kappa shape index (κ1) is 13.2. The van der Waals surface area contributed by atoms with E-state index in [0.717, 1.165) is 19.0 Å². The van der Waals surface area contributed by atoms with E-state index in [1.54, 1.807) is 16.2 Å². The van der Waals surface area contributed by atoms with Crippen molar-refractivity contribution in [2.75, 3.05) is 6.54 Å². The minimum absolute atomic E-state index is 0.0464. The average Bonchev–Trinajstić information content (AvgIpc) is 2.94. The van der Waals surface area contributed by atoms with Crippen LogP contribution in [-0.2, 0) is 6.42 Å². The molecule has 0 aromatic carbocycles.